The molecule has 0 rings (SSSR count). The van der Waals surface area contributed by atoms with Crippen LogP contribution in [0.2, 0.25) is 0 Å². The Kier molecular flexibility index (Phi) is 7.54. The van der Waals surface area contributed by atoms with Crippen molar-refractivity contribution in [3.05, 3.63) is 12.2 Å². The van der Waals surface area contributed by atoms with Crippen LogP contribution in [-0.2, 0) is 14.4 Å². The van der Waals surface area contributed by atoms with Gasteiger partial charge in [-0.25, -0.2) is 0 Å². The zero-order chi connectivity index (χ0) is 12.6. The van der Waals surface area contributed by atoms with Crippen LogP contribution >= 0.6 is 11.8 Å². The molecular weight excluding hydrogens is 226 g/mol. The highest BCUT2D eigenvalue weighted by molar-refractivity contribution is 8.14. The number of thioether (sulfide) groups is 1. The van der Waals surface area contributed by atoms with Crippen LogP contribution < -0.4 is 5.32 Å². The summed E-state index contributed by atoms with van der Waals surface area (Å²) < 4.78 is 0. The first kappa shape index (κ1) is 14.9. The van der Waals surface area contributed by atoms with Gasteiger partial charge in [0.15, 0.2) is 5.78 Å². The molecule has 5 heteroatoms. The van der Waals surface area contributed by atoms with E-state index in [0.717, 1.165) is 11.8 Å². The van der Waals surface area contributed by atoms with Gasteiger partial charge in [-0.1, -0.05) is 25.3 Å². The van der Waals surface area contributed by atoms with Crippen molar-refractivity contribution in [2.75, 3.05) is 12.3 Å². The summed E-state index contributed by atoms with van der Waals surface area (Å²) >= 11 is 1.01. The molecule has 0 heterocycles. The molecule has 0 aliphatic rings. The van der Waals surface area contributed by atoms with Crippen LogP contribution in [0.1, 0.15) is 26.7 Å². The second-order valence-corrected chi connectivity index (χ2v) is 4.34. The molecule has 0 atom stereocenters. The molecule has 0 bridgehead atoms. The third kappa shape index (κ3) is 6.40. The summed E-state index contributed by atoms with van der Waals surface area (Å²) in [6, 6.07) is 0. The largest absolute Gasteiger partial charge is 0.356 e. The topological polar surface area (TPSA) is 63.2 Å². The van der Waals surface area contributed by atoms with Gasteiger partial charge >= 0.3 is 0 Å². The molecule has 0 aliphatic carbocycles. The van der Waals surface area contributed by atoms with Crippen molar-refractivity contribution in [2.45, 2.75) is 26.7 Å². The SMILES string of the molecule is C=C(C(=O)CCC)C(=O)SCCNC(C)=O. The molecule has 0 saturated carbocycles. The van der Waals surface area contributed by atoms with Gasteiger partial charge < -0.3 is 5.32 Å². The molecular formula is C11H17NO3S. The molecule has 0 fully saturated rings. The second kappa shape index (κ2) is 8.10. The van der Waals surface area contributed by atoms with E-state index in [0.29, 0.717) is 25.1 Å². The first-order valence-corrected chi connectivity index (χ1v) is 6.11. The van der Waals surface area contributed by atoms with E-state index in [9.17, 15) is 14.4 Å². The third-order valence-electron chi connectivity index (χ3n) is 1.77. The van der Waals surface area contributed by atoms with Gasteiger partial charge in [-0.2, -0.15) is 0 Å². The van der Waals surface area contributed by atoms with Crippen LogP contribution in [0.25, 0.3) is 0 Å². The molecule has 4 nitrogen and oxygen atoms in total. The molecule has 1 N–H and O–H groups in total. The summed E-state index contributed by atoms with van der Waals surface area (Å²) in [7, 11) is 0. The van der Waals surface area contributed by atoms with Crippen LogP contribution in [0.5, 0.6) is 0 Å². The fraction of sp³-hybridized carbons (Fsp3) is 0.545. The number of hydrogen-bond donors (Lipinski definition) is 1. The summed E-state index contributed by atoms with van der Waals surface area (Å²) in [4.78, 5) is 33.3. The van der Waals surface area contributed by atoms with E-state index in [1.54, 1.807) is 0 Å². The molecule has 1 amide bonds. The van der Waals surface area contributed by atoms with E-state index in [-0.39, 0.29) is 22.4 Å². The highest BCUT2D eigenvalue weighted by Crippen LogP contribution is 2.11. The number of hydrogen-bond acceptors (Lipinski definition) is 4. The molecule has 0 saturated heterocycles. The number of Topliss-reactive ketones (excluding diaryl/α,β-unsaturated/α-hetero) is 1. The van der Waals surface area contributed by atoms with Crippen molar-refractivity contribution >= 4 is 28.6 Å². The Morgan fingerprint density at radius 3 is 2.44 bits per heavy atom. The fourth-order valence-electron chi connectivity index (χ4n) is 0.950. The summed E-state index contributed by atoms with van der Waals surface area (Å²) in [6.45, 7) is 7.18. The Balaban J connectivity index is 3.84. The van der Waals surface area contributed by atoms with Gasteiger partial charge in [-0.05, 0) is 6.42 Å². The van der Waals surface area contributed by atoms with Gasteiger partial charge in [0.25, 0.3) is 0 Å². The minimum Gasteiger partial charge on any atom is -0.356 e. The van der Waals surface area contributed by atoms with Crippen molar-refractivity contribution in [3.63, 3.8) is 0 Å². The van der Waals surface area contributed by atoms with E-state index < -0.39 is 0 Å². The lowest BCUT2D eigenvalue weighted by Gasteiger charge is -2.03. The van der Waals surface area contributed by atoms with Crippen LogP contribution in [0.4, 0.5) is 0 Å². The number of carbonyl (C=O) groups excluding carboxylic acids is 3. The van der Waals surface area contributed by atoms with Crippen molar-refractivity contribution in [1.82, 2.24) is 5.32 Å². The van der Waals surface area contributed by atoms with E-state index in [2.05, 4.69) is 11.9 Å². The number of rotatable bonds is 7. The lowest BCUT2D eigenvalue weighted by molar-refractivity contribution is -0.119. The maximum Gasteiger partial charge on any atom is 0.222 e. The normalized spacial score (nSPS) is 9.62. The van der Waals surface area contributed by atoms with Gasteiger partial charge in [0.05, 0.1) is 5.57 Å². The van der Waals surface area contributed by atoms with Gasteiger partial charge in [-0.3, -0.25) is 14.4 Å². The lowest BCUT2D eigenvalue weighted by Crippen LogP contribution is -2.23. The van der Waals surface area contributed by atoms with E-state index >= 15 is 0 Å². The maximum absolute atomic E-state index is 11.4. The Morgan fingerprint density at radius 2 is 1.94 bits per heavy atom. The molecule has 0 radical (unpaired) electrons. The Labute approximate surface area is 99.9 Å². The number of ketones is 1. The number of nitrogens with one attached hydrogen (secondary N) is 1. The number of amides is 1. The summed E-state index contributed by atoms with van der Waals surface area (Å²) in [5.41, 5.74) is 0.0506. The van der Waals surface area contributed by atoms with Crippen LogP contribution in [0, 0.1) is 0 Å². The zero-order valence-corrected chi connectivity index (χ0v) is 10.5. The third-order valence-corrected chi connectivity index (χ3v) is 2.69. The predicted octanol–water partition coefficient (Wildman–Crippen LogP) is 1.31. The Bertz CT molecular complexity index is 300. The Hall–Kier alpha value is -1.10. The van der Waals surface area contributed by atoms with Crippen molar-refractivity contribution in [2.24, 2.45) is 0 Å². The highest BCUT2D eigenvalue weighted by atomic mass is 32.2. The standard InChI is InChI=1S/C11H17NO3S/c1-4-5-10(14)8(2)11(15)16-7-6-12-9(3)13/h2,4-7H2,1,3H3,(H,12,13). The van der Waals surface area contributed by atoms with Gasteiger partial charge in [0.1, 0.15) is 0 Å². The van der Waals surface area contributed by atoms with Crippen LogP contribution in [0.15, 0.2) is 12.2 Å². The van der Waals surface area contributed by atoms with Gasteiger partial charge in [0, 0.05) is 25.6 Å². The second-order valence-electron chi connectivity index (χ2n) is 3.27. The van der Waals surface area contributed by atoms with E-state index in [4.69, 9.17) is 0 Å². The fourth-order valence-corrected chi connectivity index (χ4v) is 1.63. The summed E-state index contributed by atoms with van der Waals surface area (Å²) in [5.74, 6) is 0.130. The molecule has 0 aromatic carbocycles. The first-order valence-electron chi connectivity index (χ1n) is 5.12. The maximum atomic E-state index is 11.4. The van der Waals surface area contributed by atoms with E-state index in [1.807, 2.05) is 6.92 Å². The summed E-state index contributed by atoms with van der Waals surface area (Å²) in [6.07, 6.45) is 1.07. The molecule has 0 aliphatic heterocycles. The molecule has 0 spiro atoms. The molecule has 0 aromatic heterocycles. The van der Waals surface area contributed by atoms with Crippen molar-refractivity contribution < 1.29 is 14.4 Å². The van der Waals surface area contributed by atoms with Crippen molar-refractivity contribution in [3.8, 4) is 0 Å². The average molecular weight is 243 g/mol. The molecule has 0 unspecified atom stereocenters. The first-order chi connectivity index (χ1) is 7.49. The minimum atomic E-state index is -0.302. The molecule has 16 heavy (non-hydrogen) atoms. The minimum absolute atomic E-state index is 0.0506. The van der Waals surface area contributed by atoms with Gasteiger partial charge in [0.2, 0.25) is 11.0 Å². The van der Waals surface area contributed by atoms with Crippen molar-refractivity contribution in [1.29, 1.82) is 0 Å². The van der Waals surface area contributed by atoms with Crippen LogP contribution in [0.3, 0.4) is 0 Å². The van der Waals surface area contributed by atoms with E-state index in [1.165, 1.54) is 6.92 Å². The Morgan fingerprint density at radius 1 is 1.31 bits per heavy atom. The zero-order valence-electron chi connectivity index (χ0n) is 9.67. The van der Waals surface area contributed by atoms with Gasteiger partial charge in [-0.15, -0.1) is 0 Å². The smallest absolute Gasteiger partial charge is 0.222 e. The lowest BCUT2D eigenvalue weighted by atomic mass is 10.1. The average Bonchev–Trinajstić information content (AvgIpc) is 2.23. The number of carbonyl (C=O) groups is 3. The summed E-state index contributed by atoms with van der Waals surface area (Å²) in [5, 5.41) is 2.27. The van der Waals surface area contributed by atoms with Crippen LogP contribution in [-0.4, -0.2) is 29.1 Å². The molecule has 90 valence electrons. The quantitative estimate of drug-likeness (QED) is 0.317. The highest BCUT2D eigenvalue weighted by Gasteiger charge is 2.14. The molecule has 0 aromatic rings. The predicted molar refractivity (Wildman–Crippen MR) is 65.2 cm³/mol. The monoisotopic (exact) mass is 243 g/mol.